The van der Waals surface area contributed by atoms with Gasteiger partial charge in [0.2, 0.25) is 0 Å². The molecule has 2 aromatic rings. The minimum Gasteiger partial charge on any atom is -0.324 e. The lowest BCUT2D eigenvalue weighted by Gasteiger charge is -2.10. The maximum absolute atomic E-state index is 5.93. The van der Waals surface area contributed by atoms with E-state index in [0.717, 1.165) is 0 Å². The Labute approximate surface area is 84.5 Å². The van der Waals surface area contributed by atoms with Crippen molar-refractivity contribution in [1.29, 1.82) is 0 Å². The molecule has 0 aliphatic heterocycles. The van der Waals surface area contributed by atoms with Crippen molar-refractivity contribution < 1.29 is 0 Å². The van der Waals surface area contributed by atoms with Crippen molar-refractivity contribution >= 4 is 10.8 Å². The van der Waals surface area contributed by atoms with Crippen LogP contribution in [-0.2, 0) is 0 Å². The van der Waals surface area contributed by atoms with Crippen LogP contribution in [0.15, 0.2) is 36.4 Å². The van der Waals surface area contributed by atoms with Crippen LogP contribution >= 0.6 is 0 Å². The first-order valence-electron chi connectivity index (χ1n) is 4.94. The number of fused-ring (bicyclic) bond motifs is 1. The SMILES string of the molecule is Cc1cccc2c(C(C)N)cccc12. The Hall–Kier alpha value is -1.34. The van der Waals surface area contributed by atoms with Crippen LogP contribution in [0, 0.1) is 6.92 Å². The van der Waals surface area contributed by atoms with Crippen molar-refractivity contribution in [3.63, 3.8) is 0 Å². The predicted octanol–water partition coefficient (Wildman–Crippen LogP) is 3.17. The van der Waals surface area contributed by atoms with Gasteiger partial charge in [-0.05, 0) is 35.7 Å². The summed E-state index contributed by atoms with van der Waals surface area (Å²) in [6, 6.07) is 12.8. The van der Waals surface area contributed by atoms with Gasteiger partial charge < -0.3 is 5.73 Å². The van der Waals surface area contributed by atoms with Gasteiger partial charge in [-0.15, -0.1) is 0 Å². The molecule has 2 aromatic carbocycles. The standard InChI is InChI=1S/C13H15N/c1-9-5-3-8-13-11(9)6-4-7-12(13)10(2)14/h3-8,10H,14H2,1-2H3. The Morgan fingerprint density at radius 3 is 2.36 bits per heavy atom. The van der Waals surface area contributed by atoms with Gasteiger partial charge in [0.25, 0.3) is 0 Å². The summed E-state index contributed by atoms with van der Waals surface area (Å²) in [7, 11) is 0. The second-order valence-corrected chi connectivity index (χ2v) is 3.81. The number of aryl methyl sites for hydroxylation is 1. The largest absolute Gasteiger partial charge is 0.324 e. The molecule has 0 saturated carbocycles. The van der Waals surface area contributed by atoms with Crippen LogP contribution in [0.3, 0.4) is 0 Å². The highest BCUT2D eigenvalue weighted by Crippen LogP contribution is 2.25. The van der Waals surface area contributed by atoms with Gasteiger partial charge in [0.15, 0.2) is 0 Å². The van der Waals surface area contributed by atoms with Crippen LogP contribution in [0.4, 0.5) is 0 Å². The molecule has 1 unspecified atom stereocenters. The maximum atomic E-state index is 5.93. The first kappa shape index (κ1) is 9.22. The molecule has 1 heteroatoms. The highest BCUT2D eigenvalue weighted by molar-refractivity contribution is 5.88. The first-order chi connectivity index (χ1) is 6.70. The van der Waals surface area contributed by atoms with Crippen molar-refractivity contribution in [1.82, 2.24) is 0 Å². The van der Waals surface area contributed by atoms with E-state index in [4.69, 9.17) is 5.73 Å². The van der Waals surface area contributed by atoms with Crippen molar-refractivity contribution in [2.45, 2.75) is 19.9 Å². The maximum Gasteiger partial charge on any atom is 0.0272 e. The van der Waals surface area contributed by atoms with Gasteiger partial charge in [0.1, 0.15) is 0 Å². The summed E-state index contributed by atoms with van der Waals surface area (Å²) in [6.07, 6.45) is 0. The van der Waals surface area contributed by atoms with Crippen molar-refractivity contribution in [3.05, 3.63) is 47.5 Å². The number of hydrogen-bond donors (Lipinski definition) is 1. The third kappa shape index (κ3) is 1.40. The van der Waals surface area contributed by atoms with Crippen LogP contribution < -0.4 is 5.73 Å². The van der Waals surface area contributed by atoms with Crippen molar-refractivity contribution in [2.75, 3.05) is 0 Å². The average Bonchev–Trinajstić information content (AvgIpc) is 2.17. The third-order valence-corrected chi connectivity index (χ3v) is 2.66. The Balaban J connectivity index is 2.81. The van der Waals surface area contributed by atoms with Gasteiger partial charge in [-0.3, -0.25) is 0 Å². The topological polar surface area (TPSA) is 26.0 Å². The van der Waals surface area contributed by atoms with Gasteiger partial charge >= 0.3 is 0 Å². The molecule has 0 saturated heterocycles. The van der Waals surface area contributed by atoms with E-state index in [0.29, 0.717) is 0 Å². The van der Waals surface area contributed by atoms with E-state index in [2.05, 4.69) is 43.3 Å². The molecule has 14 heavy (non-hydrogen) atoms. The highest BCUT2D eigenvalue weighted by Gasteiger charge is 2.05. The van der Waals surface area contributed by atoms with Crippen LogP contribution in [-0.4, -0.2) is 0 Å². The number of rotatable bonds is 1. The summed E-state index contributed by atoms with van der Waals surface area (Å²) in [5, 5.41) is 2.59. The Bertz CT molecular complexity index is 458. The molecule has 0 heterocycles. The zero-order valence-electron chi connectivity index (χ0n) is 8.62. The zero-order chi connectivity index (χ0) is 10.1. The molecule has 0 fully saturated rings. The molecule has 0 spiro atoms. The molecule has 0 aliphatic rings. The quantitative estimate of drug-likeness (QED) is 0.725. The molecule has 2 rings (SSSR count). The van der Waals surface area contributed by atoms with E-state index < -0.39 is 0 Å². The van der Waals surface area contributed by atoms with Crippen molar-refractivity contribution in [3.8, 4) is 0 Å². The molecule has 0 radical (unpaired) electrons. The summed E-state index contributed by atoms with van der Waals surface area (Å²) in [5.41, 5.74) is 8.47. The van der Waals surface area contributed by atoms with E-state index in [1.165, 1.54) is 21.9 Å². The summed E-state index contributed by atoms with van der Waals surface area (Å²) < 4.78 is 0. The summed E-state index contributed by atoms with van der Waals surface area (Å²) >= 11 is 0. The lowest BCUT2D eigenvalue weighted by molar-refractivity contribution is 0.827. The van der Waals surface area contributed by atoms with Gasteiger partial charge in [0, 0.05) is 6.04 Å². The fourth-order valence-corrected chi connectivity index (χ4v) is 1.89. The summed E-state index contributed by atoms with van der Waals surface area (Å²) in [6.45, 7) is 4.16. The zero-order valence-corrected chi connectivity index (χ0v) is 8.62. The third-order valence-electron chi connectivity index (χ3n) is 2.66. The molecule has 0 amide bonds. The van der Waals surface area contributed by atoms with Gasteiger partial charge in [0.05, 0.1) is 0 Å². The molecule has 0 aliphatic carbocycles. The van der Waals surface area contributed by atoms with Crippen LogP contribution in [0.2, 0.25) is 0 Å². The predicted molar refractivity (Wildman–Crippen MR) is 61.3 cm³/mol. The number of hydrogen-bond acceptors (Lipinski definition) is 1. The van der Waals surface area contributed by atoms with E-state index in [9.17, 15) is 0 Å². The fraction of sp³-hybridized carbons (Fsp3) is 0.231. The van der Waals surface area contributed by atoms with Crippen LogP contribution in [0.5, 0.6) is 0 Å². The van der Waals surface area contributed by atoms with E-state index in [-0.39, 0.29) is 6.04 Å². The Kier molecular flexibility index (Phi) is 2.26. The molecule has 0 bridgehead atoms. The molecule has 1 atom stereocenters. The molecule has 1 nitrogen and oxygen atoms in total. The Morgan fingerprint density at radius 1 is 1.00 bits per heavy atom. The normalized spacial score (nSPS) is 13.1. The van der Waals surface area contributed by atoms with E-state index in [1.807, 2.05) is 6.92 Å². The van der Waals surface area contributed by atoms with E-state index >= 15 is 0 Å². The minimum absolute atomic E-state index is 0.0977. The van der Waals surface area contributed by atoms with Gasteiger partial charge in [-0.25, -0.2) is 0 Å². The lowest BCUT2D eigenvalue weighted by Crippen LogP contribution is -2.05. The van der Waals surface area contributed by atoms with Gasteiger partial charge in [-0.2, -0.15) is 0 Å². The second kappa shape index (κ2) is 3.43. The second-order valence-electron chi connectivity index (χ2n) is 3.81. The lowest BCUT2D eigenvalue weighted by atomic mass is 9.97. The monoisotopic (exact) mass is 185 g/mol. The fourth-order valence-electron chi connectivity index (χ4n) is 1.89. The Morgan fingerprint density at radius 2 is 1.64 bits per heavy atom. The molecular formula is C13H15N. The number of benzene rings is 2. The summed E-state index contributed by atoms with van der Waals surface area (Å²) in [5.74, 6) is 0. The minimum atomic E-state index is 0.0977. The highest BCUT2D eigenvalue weighted by atomic mass is 14.6. The van der Waals surface area contributed by atoms with Crippen LogP contribution in [0.1, 0.15) is 24.1 Å². The smallest absolute Gasteiger partial charge is 0.0272 e. The summed E-state index contributed by atoms with van der Waals surface area (Å²) in [4.78, 5) is 0. The van der Waals surface area contributed by atoms with Crippen LogP contribution in [0.25, 0.3) is 10.8 Å². The average molecular weight is 185 g/mol. The molecule has 72 valence electrons. The molecule has 2 N–H and O–H groups in total. The molecule has 0 aromatic heterocycles. The number of nitrogens with two attached hydrogens (primary N) is 1. The van der Waals surface area contributed by atoms with Crippen molar-refractivity contribution in [2.24, 2.45) is 5.73 Å². The first-order valence-corrected chi connectivity index (χ1v) is 4.94. The van der Waals surface area contributed by atoms with Gasteiger partial charge in [-0.1, -0.05) is 36.4 Å². The van der Waals surface area contributed by atoms with E-state index in [1.54, 1.807) is 0 Å². The molecular weight excluding hydrogens is 170 g/mol.